The molecule has 8 nitrogen and oxygen atoms in total. The third-order valence-corrected chi connectivity index (χ3v) is 10.5. The topological polar surface area (TPSA) is 75.5 Å². The zero-order valence-corrected chi connectivity index (χ0v) is 26.3. The molecule has 2 aliphatic heterocycles. The molecule has 3 aliphatic rings. The monoisotopic (exact) mass is 642 g/mol. The molecule has 3 heterocycles. The number of anilines is 1. The summed E-state index contributed by atoms with van der Waals surface area (Å²) in [6, 6.07) is 12.3. The fourth-order valence-electron chi connectivity index (χ4n) is 8.22. The smallest absolute Gasteiger partial charge is 0.416 e. The molecule has 1 aromatic heterocycles. The van der Waals surface area contributed by atoms with Crippen molar-refractivity contribution in [2.24, 2.45) is 17.8 Å². The maximum atomic E-state index is 15.0. The van der Waals surface area contributed by atoms with Crippen molar-refractivity contribution in [3.05, 3.63) is 77.6 Å². The predicted molar refractivity (Wildman–Crippen MR) is 166 cm³/mol. The number of carbonyl (C=O) groups is 1. The quantitative estimate of drug-likeness (QED) is 0.287. The van der Waals surface area contributed by atoms with Gasteiger partial charge in [-0.05, 0) is 100.0 Å². The van der Waals surface area contributed by atoms with Gasteiger partial charge in [0.1, 0.15) is 24.1 Å². The highest BCUT2D eigenvalue weighted by molar-refractivity contribution is 5.67. The van der Waals surface area contributed by atoms with Crippen LogP contribution < -0.4 is 10.2 Å². The van der Waals surface area contributed by atoms with Gasteiger partial charge in [-0.25, -0.2) is 9.18 Å². The summed E-state index contributed by atoms with van der Waals surface area (Å²) in [5.74, 6) is 1.10. The van der Waals surface area contributed by atoms with E-state index in [0.717, 1.165) is 94.0 Å². The Morgan fingerprint density at radius 1 is 1.02 bits per heavy atom. The molecule has 2 aromatic carbocycles. The summed E-state index contributed by atoms with van der Waals surface area (Å²) < 4.78 is 61.9. The van der Waals surface area contributed by atoms with E-state index in [1.807, 2.05) is 13.0 Å². The molecular weight excluding hydrogens is 600 g/mol. The van der Waals surface area contributed by atoms with E-state index in [1.165, 1.54) is 6.07 Å². The van der Waals surface area contributed by atoms with E-state index in [1.54, 1.807) is 37.6 Å². The molecule has 1 aliphatic carbocycles. The molecule has 0 unspecified atom stereocenters. The molecule has 248 valence electrons. The van der Waals surface area contributed by atoms with Crippen LogP contribution >= 0.6 is 0 Å². The number of aryl methyl sites for hydroxylation is 1. The second-order valence-corrected chi connectivity index (χ2v) is 13.2. The second-order valence-electron chi connectivity index (χ2n) is 13.2. The minimum Gasteiger partial charge on any atom is -0.446 e. The van der Waals surface area contributed by atoms with Gasteiger partial charge in [0.2, 0.25) is 0 Å². The lowest BCUT2D eigenvalue weighted by atomic mass is 9.58. The first-order valence-corrected chi connectivity index (χ1v) is 16.2. The van der Waals surface area contributed by atoms with Crippen LogP contribution in [0.4, 0.5) is 28.0 Å². The average Bonchev–Trinajstić information content (AvgIpc) is 3.65. The van der Waals surface area contributed by atoms with Gasteiger partial charge in [0.15, 0.2) is 0 Å². The van der Waals surface area contributed by atoms with Crippen LogP contribution in [-0.2, 0) is 22.9 Å². The van der Waals surface area contributed by atoms with Crippen molar-refractivity contribution >= 4 is 11.8 Å². The van der Waals surface area contributed by atoms with Gasteiger partial charge >= 0.3 is 12.3 Å². The van der Waals surface area contributed by atoms with Gasteiger partial charge < -0.3 is 24.4 Å². The van der Waals surface area contributed by atoms with Crippen LogP contribution in [0.15, 0.2) is 54.9 Å². The van der Waals surface area contributed by atoms with Crippen LogP contribution in [0.5, 0.6) is 0 Å². The number of aromatic nitrogens is 3. The number of hydrogen-bond donors (Lipinski definition) is 1. The van der Waals surface area contributed by atoms with E-state index in [0.29, 0.717) is 12.5 Å². The Labute approximate surface area is 267 Å². The first kappa shape index (κ1) is 32.3. The molecular formula is C34H42F4N6O2. The van der Waals surface area contributed by atoms with Crippen LogP contribution in [0.1, 0.15) is 49.1 Å². The van der Waals surface area contributed by atoms with Gasteiger partial charge in [-0.3, -0.25) is 0 Å². The summed E-state index contributed by atoms with van der Waals surface area (Å²) in [6.07, 6.45) is 0.982. The van der Waals surface area contributed by atoms with Crippen molar-refractivity contribution in [1.82, 2.24) is 25.0 Å². The Kier molecular flexibility index (Phi) is 9.27. The van der Waals surface area contributed by atoms with Gasteiger partial charge in [0, 0.05) is 56.2 Å². The lowest BCUT2D eigenvalue weighted by Crippen LogP contribution is -2.55. The number of hydrogen-bond acceptors (Lipinski definition) is 6. The number of nitrogens with zero attached hydrogens (tertiary/aromatic N) is 5. The lowest BCUT2D eigenvalue weighted by molar-refractivity contribution is -0.137. The van der Waals surface area contributed by atoms with E-state index in [-0.39, 0.29) is 23.8 Å². The maximum absolute atomic E-state index is 15.0. The van der Waals surface area contributed by atoms with Crippen LogP contribution in [-0.4, -0.2) is 71.6 Å². The van der Waals surface area contributed by atoms with Crippen LogP contribution in [0, 0.1) is 30.5 Å². The number of alkyl halides is 3. The number of nitrogens with one attached hydrogen (secondary N) is 1. The molecule has 0 bridgehead atoms. The highest BCUT2D eigenvalue weighted by atomic mass is 19.4. The molecule has 1 N–H and O–H groups in total. The molecule has 3 aromatic rings. The fourth-order valence-corrected chi connectivity index (χ4v) is 8.22. The van der Waals surface area contributed by atoms with Crippen molar-refractivity contribution in [3.8, 4) is 0 Å². The number of likely N-dealkylation sites (tertiary alicyclic amines) is 1. The average molecular weight is 643 g/mol. The molecule has 3 fully saturated rings. The lowest BCUT2D eigenvalue weighted by Gasteiger charge is -2.51. The van der Waals surface area contributed by atoms with Crippen molar-refractivity contribution in [3.63, 3.8) is 0 Å². The summed E-state index contributed by atoms with van der Waals surface area (Å²) >= 11 is 0. The van der Waals surface area contributed by atoms with E-state index >= 15 is 0 Å². The van der Waals surface area contributed by atoms with E-state index < -0.39 is 23.2 Å². The Bertz CT molecular complexity index is 1480. The molecule has 3 atom stereocenters. The first-order chi connectivity index (χ1) is 22.1. The van der Waals surface area contributed by atoms with Crippen LogP contribution in [0.2, 0.25) is 0 Å². The number of rotatable bonds is 9. The molecule has 0 radical (unpaired) electrons. The van der Waals surface area contributed by atoms with E-state index in [2.05, 4.69) is 29.9 Å². The van der Waals surface area contributed by atoms with Crippen molar-refractivity contribution < 1.29 is 27.1 Å². The first-order valence-electron chi connectivity index (χ1n) is 16.2. The van der Waals surface area contributed by atoms with Gasteiger partial charge in [0.05, 0.1) is 5.56 Å². The van der Waals surface area contributed by atoms with Gasteiger partial charge in [0.25, 0.3) is 0 Å². The van der Waals surface area contributed by atoms with Crippen LogP contribution in [0.3, 0.4) is 0 Å². The van der Waals surface area contributed by atoms with Crippen molar-refractivity contribution in [1.29, 1.82) is 0 Å². The number of benzene rings is 2. The number of carbonyl (C=O) groups excluding carboxylic acids is 1. The molecule has 6 rings (SSSR count). The fraction of sp³-hybridized carbons (Fsp3) is 0.559. The minimum absolute atomic E-state index is 0.0196. The molecule has 1 amide bonds. The second kappa shape index (κ2) is 13.2. The minimum atomic E-state index is -4.33. The van der Waals surface area contributed by atoms with E-state index in [4.69, 9.17) is 4.74 Å². The molecule has 46 heavy (non-hydrogen) atoms. The van der Waals surface area contributed by atoms with Crippen LogP contribution in [0.25, 0.3) is 0 Å². The zero-order chi connectivity index (χ0) is 32.5. The van der Waals surface area contributed by atoms with Crippen molar-refractivity contribution in [2.45, 2.75) is 63.3 Å². The highest BCUT2D eigenvalue weighted by Gasteiger charge is 2.53. The number of piperidine rings is 1. The van der Waals surface area contributed by atoms with E-state index in [9.17, 15) is 22.4 Å². The largest absolute Gasteiger partial charge is 0.446 e. The highest BCUT2D eigenvalue weighted by Crippen LogP contribution is 2.52. The number of halogens is 4. The number of ether oxygens (including phenoxy) is 1. The molecule has 2 saturated heterocycles. The molecule has 0 spiro atoms. The Morgan fingerprint density at radius 2 is 1.76 bits per heavy atom. The number of alkyl carbamates (subject to hydrolysis) is 1. The van der Waals surface area contributed by atoms with Gasteiger partial charge in [-0.15, -0.1) is 10.2 Å². The van der Waals surface area contributed by atoms with Crippen molar-refractivity contribution in [2.75, 3.05) is 44.7 Å². The van der Waals surface area contributed by atoms with Gasteiger partial charge in [-0.2, -0.15) is 13.2 Å². The Morgan fingerprint density at radius 3 is 2.39 bits per heavy atom. The summed E-state index contributed by atoms with van der Waals surface area (Å²) in [5, 5.41) is 11.0. The summed E-state index contributed by atoms with van der Waals surface area (Å²) in [5.41, 5.74) is 0.584. The van der Waals surface area contributed by atoms with Gasteiger partial charge in [-0.1, -0.05) is 12.1 Å². The predicted octanol–water partition coefficient (Wildman–Crippen LogP) is 6.06. The molecule has 1 saturated carbocycles. The Hall–Kier alpha value is -3.67. The Balaban J connectivity index is 1.19. The third kappa shape index (κ3) is 6.59. The zero-order valence-electron chi connectivity index (χ0n) is 26.3. The summed E-state index contributed by atoms with van der Waals surface area (Å²) in [6.45, 7) is 6.79. The standard InChI is InChI=1S/C34H42F4N6O2/c1-23-41-40-22-44(23)21-33(27-5-3-6-28(35)17-27,30-7-4-8-31(30)46-32(45)39-2)25-13-15-42(16-14-25)18-24-19-43(20-24)29-11-9-26(10-12-29)34(36,37)38/h3,5-6,9-12,17,22,24-25,30-31H,4,7-8,13-16,18-21H2,1-2H3,(H,39,45)/t30-,31-,33-/m0/s1. The summed E-state index contributed by atoms with van der Waals surface area (Å²) in [4.78, 5) is 17.1. The molecule has 12 heteroatoms. The maximum Gasteiger partial charge on any atom is 0.416 e. The third-order valence-electron chi connectivity index (χ3n) is 10.5. The SMILES string of the molecule is CNC(=O)O[C@H]1CCC[C@@H]1[C@](Cn1cnnc1C)(c1cccc(F)c1)C1CCN(CC2CN(c3ccc(C(F)(F)F)cc3)C2)CC1. The number of amides is 1. The summed E-state index contributed by atoms with van der Waals surface area (Å²) in [7, 11) is 1.56. The normalized spacial score (nSPS) is 22.8.